The lowest BCUT2D eigenvalue weighted by Gasteiger charge is -2.35. The zero-order chi connectivity index (χ0) is 18.4. The van der Waals surface area contributed by atoms with Gasteiger partial charge in [-0.1, -0.05) is 60.7 Å². The molecule has 1 aromatic heterocycles. The monoisotopic (exact) mass is 364 g/mol. The molecule has 3 rings (SSSR count). The topological polar surface area (TPSA) is 76.2 Å². The van der Waals surface area contributed by atoms with Gasteiger partial charge in [0, 0.05) is 18.1 Å². The number of carbonyl (C=O) groups is 1. The highest BCUT2D eigenvalue weighted by Gasteiger charge is 2.37. The number of rotatable bonds is 7. The first-order valence-corrected chi connectivity index (χ1v) is 9.27. The maximum absolute atomic E-state index is 11.3. The van der Waals surface area contributed by atoms with Gasteiger partial charge in [0.05, 0.1) is 4.75 Å². The normalized spacial score (nSPS) is 12.5. The predicted molar refractivity (Wildman–Crippen MR) is 105 cm³/mol. The number of nitrogens with zero attached hydrogens (tertiary/aromatic N) is 1. The molecule has 0 radical (unpaired) electrons. The second-order valence-electron chi connectivity index (χ2n) is 5.90. The van der Waals surface area contributed by atoms with Gasteiger partial charge in [0.2, 0.25) is 0 Å². The quantitative estimate of drug-likeness (QED) is 0.671. The van der Waals surface area contributed by atoms with Gasteiger partial charge in [-0.05, 0) is 28.8 Å². The van der Waals surface area contributed by atoms with Crippen molar-refractivity contribution in [3.8, 4) is 0 Å². The number of thioether (sulfide) groups is 1. The summed E-state index contributed by atoms with van der Waals surface area (Å²) in [7, 11) is 0. The van der Waals surface area contributed by atoms with Gasteiger partial charge in [-0.25, -0.2) is 0 Å². The number of carboxylic acids is 1. The zero-order valence-corrected chi connectivity index (χ0v) is 15.0. The lowest BCUT2D eigenvalue weighted by Crippen LogP contribution is -2.36. The van der Waals surface area contributed by atoms with Crippen molar-refractivity contribution in [3.05, 3.63) is 102 Å². The van der Waals surface area contributed by atoms with E-state index in [1.807, 2.05) is 48.5 Å². The minimum atomic E-state index is -0.998. The second kappa shape index (κ2) is 8.17. The molecule has 0 aliphatic carbocycles. The Hall–Kier alpha value is -2.63. The standard InChI is InChI=1S/C21H20N2O2S/c22-19(20(24)25)15-26-21(16-7-3-1-4-8-16,17-9-5-2-6-10-17)18-11-13-23-14-12-18/h1-14,19H,15,22H2,(H,24,25)/t19-/m0/s1. The molecule has 0 saturated heterocycles. The molecule has 3 aromatic rings. The number of carboxylic acid groups (broad SMARTS) is 1. The van der Waals surface area contributed by atoms with Gasteiger partial charge < -0.3 is 10.8 Å². The third-order valence-electron chi connectivity index (χ3n) is 4.24. The third kappa shape index (κ3) is 3.64. The first-order chi connectivity index (χ1) is 12.6. The smallest absolute Gasteiger partial charge is 0.321 e. The summed E-state index contributed by atoms with van der Waals surface area (Å²) < 4.78 is -0.571. The SMILES string of the molecule is N[C@@H](CSC(c1ccccc1)(c1ccccc1)c1ccncc1)C(=O)O. The fraction of sp³-hybridized carbons (Fsp3) is 0.143. The molecule has 2 aromatic carbocycles. The van der Waals surface area contributed by atoms with Crippen LogP contribution in [0.25, 0.3) is 0 Å². The Morgan fingerprint density at radius 1 is 0.923 bits per heavy atom. The molecule has 0 saturated carbocycles. The van der Waals surface area contributed by atoms with Crippen molar-refractivity contribution >= 4 is 17.7 Å². The molecule has 0 unspecified atom stereocenters. The van der Waals surface area contributed by atoms with Gasteiger partial charge in [-0.2, -0.15) is 0 Å². The van der Waals surface area contributed by atoms with Crippen LogP contribution in [-0.4, -0.2) is 27.9 Å². The van der Waals surface area contributed by atoms with Gasteiger partial charge in [-0.15, -0.1) is 11.8 Å². The summed E-state index contributed by atoms with van der Waals surface area (Å²) in [6.07, 6.45) is 3.52. The van der Waals surface area contributed by atoms with Crippen molar-refractivity contribution in [2.45, 2.75) is 10.8 Å². The van der Waals surface area contributed by atoms with E-state index in [1.165, 1.54) is 11.8 Å². The fourth-order valence-corrected chi connectivity index (χ4v) is 4.45. The molecule has 4 nitrogen and oxygen atoms in total. The molecule has 0 aliphatic heterocycles. The van der Waals surface area contributed by atoms with E-state index in [0.717, 1.165) is 16.7 Å². The van der Waals surface area contributed by atoms with Crippen LogP contribution in [0.1, 0.15) is 16.7 Å². The molecule has 1 heterocycles. The van der Waals surface area contributed by atoms with Crippen LogP contribution in [0.15, 0.2) is 85.2 Å². The van der Waals surface area contributed by atoms with Crippen LogP contribution in [-0.2, 0) is 9.54 Å². The third-order valence-corrected chi connectivity index (χ3v) is 5.91. The molecule has 1 atom stereocenters. The Bertz CT molecular complexity index is 745. The lowest BCUT2D eigenvalue weighted by atomic mass is 9.84. The number of benzene rings is 2. The van der Waals surface area contributed by atoms with E-state index < -0.39 is 16.8 Å². The highest BCUT2D eigenvalue weighted by Crippen LogP contribution is 2.48. The molecular formula is C21H20N2O2S. The fourth-order valence-electron chi connectivity index (χ4n) is 2.97. The van der Waals surface area contributed by atoms with Crippen molar-refractivity contribution in [2.75, 3.05) is 5.75 Å². The molecule has 26 heavy (non-hydrogen) atoms. The van der Waals surface area contributed by atoms with Gasteiger partial charge >= 0.3 is 5.97 Å². The molecule has 5 heteroatoms. The molecule has 0 bridgehead atoms. The average molecular weight is 364 g/mol. The number of nitrogens with two attached hydrogens (primary N) is 1. The minimum Gasteiger partial charge on any atom is -0.480 e. The summed E-state index contributed by atoms with van der Waals surface area (Å²) in [5, 5.41) is 9.24. The first-order valence-electron chi connectivity index (χ1n) is 8.28. The Morgan fingerprint density at radius 3 is 1.85 bits per heavy atom. The highest BCUT2D eigenvalue weighted by atomic mass is 32.2. The van der Waals surface area contributed by atoms with E-state index in [2.05, 4.69) is 29.2 Å². The number of pyridine rings is 1. The predicted octanol–water partition coefficient (Wildman–Crippen LogP) is 3.52. The van der Waals surface area contributed by atoms with E-state index >= 15 is 0 Å². The van der Waals surface area contributed by atoms with Crippen LogP contribution in [0.5, 0.6) is 0 Å². The summed E-state index contributed by atoms with van der Waals surface area (Å²) in [6, 6.07) is 23.2. The van der Waals surface area contributed by atoms with Crippen molar-refractivity contribution in [1.82, 2.24) is 4.98 Å². The van der Waals surface area contributed by atoms with Crippen LogP contribution < -0.4 is 5.73 Å². The van der Waals surface area contributed by atoms with E-state index in [4.69, 9.17) is 5.73 Å². The number of aliphatic carboxylic acids is 1. The molecule has 3 N–H and O–H groups in total. The Labute approximate surface area is 157 Å². The van der Waals surface area contributed by atoms with E-state index in [0.29, 0.717) is 0 Å². The maximum atomic E-state index is 11.3. The van der Waals surface area contributed by atoms with Crippen molar-refractivity contribution in [1.29, 1.82) is 0 Å². The molecule has 0 aliphatic rings. The Balaban J connectivity index is 2.19. The summed E-state index contributed by atoms with van der Waals surface area (Å²) in [5.41, 5.74) is 9.00. The van der Waals surface area contributed by atoms with Crippen molar-refractivity contribution < 1.29 is 9.90 Å². The number of hydrogen-bond donors (Lipinski definition) is 2. The number of hydrogen-bond acceptors (Lipinski definition) is 4. The van der Waals surface area contributed by atoms with Gasteiger partial charge in [0.1, 0.15) is 6.04 Å². The molecular weight excluding hydrogens is 344 g/mol. The van der Waals surface area contributed by atoms with Gasteiger partial charge in [0.15, 0.2) is 0 Å². The summed E-state index contributed by atoms with van der Waals surface area (Å²) in [6.45, 7) is 0. The van der Waals surface area contributed by atoms with Crippen LogP contribution in [0.2, 0.25) is 0 Å². The van der Waals surface area contributed by atoms with Gasteiger partial charge in [0.25, 0.3) is 0 Å². The van der Waals surface area contributed by atoms with Crippen LogP contribution >= 0.6 is 11.8 Å². The minimum absolute atomic E-state index is 0.279. The number of aromatic nitrogens is 1. The van der Waals surface area contributed by atoms with Crippen LogP contribution in [0.3, 0.4) is 0 Å². The Kier molecular flexibility index (Phi) is 5.71. The summed E-state index contributed by atoms with van der Waals surface area (Å²) >= 11 is 1.53. The second-order valence-corrected chi connectivity index (χ2v) is 7.14. The zero-order valence-electron chi connectivity index (χ0n) is 14.2. The summed E-state index contributed by atoms with van der Waals surface area (Å²) in [5.74, 6) is -0.719. The van der Waals surface area contributed by atoms with Crippen LogP contribution in [0.4, 0.5) is 0 Å². The van der Waals surface area contributed by atoms with E-state index in [-0.39, 0.29) is 5.75 Å². The average Bonchev–Trinajstić information content (AvgIpc) is 2.70. The molecule has 0 amide bonds. The molecule has 0 fully saturated rings. The van der Waals surface area contributed by atoms with Crippen LogP contribution in [0, 0.1) is 0 Å². The summed E-state index contributed by atoms with van der Waals surface area (Å²) in [4.78, 5) is 15.4. The van der Waals surface area contributed by atoms with E-state index in [1.54, 1.807) is 12.4 Å². The Morgan fingerprint density at radius 2 is 1.38 bits per heavy atom. The largest absolute Gasteiger partial charge is 0.480 e. The lowest BCUT2D eigenvalue weighted by molar-refractivity contribution is -0.137. The van der Waals surface area contributed by atoms with E-state index in [9.17, 15) is 9.90 Å². The molecule has 132 valence electrons. The first kappa shape index (κ1) is 18.2. The van der Waals surface area contributed by atoms with Gasteiger partial charge in [-0.3, -0.25) is 9.78 Å². The molecule has 0 spiro atoms. The van der Waals surface area contributed by atoms with Crippen molar-refractivity contribution in [3.63, 3.8) is 0 Å². The highest BCUT2D eigenvalue weighted by molar-refractivity contribution is 8.00. The van der Waals surface area contributed by atoms with Crippen molar-refractivity contribution in [2.24, 2.45) is 5.73 Å². The maximum Gasteiger partial charge on any atom is 0.321 e.